The number of nitrogens with one attached hydrogen (secondary N) is 1. The highest BCUT2D eigenvalue weighted by Crippen LogP contribution is 2.27. The Kier molecular flexibility index (Phi) is 7.72. The van der Waals surface area contributed by atoms with E-state index in [1.807, 2.05) is 12.3 Å². The van der Waals surface area contributed by atoms with E-state index >= 15 is 0 Å². The molecule has 1 saturated heterocycles. The maximum Gasteiger partial charge on any atom is 0.415 e. The summed E-state index contributed by atoms with van der Waals surface area (Å²) in [5.74, 6) is 1.05. The number of piperazine rings is 1. The van der Waals surface area contributed by atoms with Crippen molar-refractivity contribution in [3.05, 3.63) is 54.4 Å². The minimum atomic E-state index is -0.333. The van der Waals surface area contributed by atoms with Gasteiger partial charge in [0.25, 0.3) is 0 Å². The molecule has 0 unspecified atom stereocenters. The topological polar surface area (TPSA) is 74.8 Å². The Bertz CT molecular complexity index is 874. The van der Waals surface area contributed by atoms with Crippen LogP contribution < -0.4 is 10.1 Å². The van der Waals surface area contributed by atoms with Gasteiger partial charge >= 0.3 is 6.09 Å². The molecule has 0 atom stereocenters. The maximum atomic E-state index is 12.5. The Morgan fingerprint density at radius 2 is 1.75 bits per heavy atom. The zero-order chi connectivity index (χ0) is 22.2. The van der Waals surface area contributed by atoms with Crippen LogP contribution in [0.5, 0.6) is 5.75 Å². The van der Waals surface area contributed by atoms with Gasteiger partial charge in [-0.25, -0.2) is 4.79 Å². The molecule has 1 saturated carbocycles. The van der Waals surface area contributed by atoms with Crippen molar-refractivity contribution in [3.63, 3.8) is 0 Å². The number of anilines is 1. The third-order valence-electron chi connectivity index (χ3n) is 6.30. The Hall–Kier alpha value is -2.93. The molecule has 2 fully saturated rings. The molecule has 7 nitrogen and oxygen atoms in total. The van der Waals surface area contributed by atoms with Crippen LogP contribution in [0.25, 0.3) is 0 Å². The van der Waals surface area contributed by atoms with E-state index in [1.165, 1.54) is 24.8 Å². The molecule has 170 valence electrons. The largest absolute Gasteiger partial charge is 0.415 e. The summed E-state index contributed by atoms with van der Waals surface area (Å²) in [6, 6.07) is 11.0. The summed E-state index contributed by atoms with van der Waals surface area (Å²) < 4.78 is 5.53. The summed E-state index contributed by atoms with van der Waals surface area (Å²) in [4.78, 5) is 33.0. The van der Waals surface area contributed by atoms with Crippen LogP contribution >= 0.6 is 0 Å². The Balaban J connectivity index is 1.19. The van der Waals surface area contributed by atoms with Crippen LogP contribution in [-0.2, 0) is 11.3 Å². The van der Waals surface area contributed by atoms with Gasteiger partial charge < -0.3 is 15.0 Å². The average molecular weight is 437 g/mol. The highest BCUT2D eigenvalue weighted by atomic mass is 16.6. The van der Waals surface area contributed by atoms with Crippen LogP contribution in [0.2, 0.25) is 0 Å². The van der Waals surface area contributed by atoms with Gasteiger partial charge in [0, 0.05) is 57.2 Å². The fourth-order valence-corrected chi connectivity index (χ4v) is 4.48. The van der Waals surface area contributed by atoms with Crippen molar-refractivity contribution in [1.82, 2.24) is 14.8 Å². The molecule has 0 bridgehead atoms. The van der Waals surface area contributed by atoms with Crippen molar-refractivity contribution in [2.24, 2.45) is 5.92 Å². The van der Waals surface area contributed by atoms with Crippen LogP contribution in [-0.4, -0.2) is 53.0 Å². The van der Waals surface area contributed by atoms with Crippen molar-refractivity contribution in [2.45, 2.75) is 45.1 Å². The average Bonchev–Trinajstić information content (AvgIpc) is 2.82. The zero-order valence-corrected chi connectivity index (χ0v) is 18.5. The predicted octanol–water partition coefficient (Wildman–Crippen LogP) is 4.31. The third-order valence-corrected chi connectivity index (χ3v) is 6.30. The van der Waals surface area contributed by atoms with Gasteiger partial charge in [0.1, 0.15) is 5.75 Å². The number of benzene rings is 1. The van der Waals surface area contributed by atoms with Crippen LogP contribution in [0.1, 0.15) is 44.1 Å². The Labute approximate surface area is 189 Å². The van der Waals surface area contributed by atoms with Crippen molar-refractivity contribution in [2.75, 3.05) is 31.5 Å². The Morgan fingerprint density at radius 3 is 2.44 bits per heavy atom. The normalized spacial score (nSPS) is 17.7. The first-order valence-corrected chi connectivity index (χ1v) is 11.6. The summed E-state index contributed by atoms with van der Waals surface area (Å²) in [5.41, 5.74) is 1.91. The molecule has 7 heteroatoms. The van der Waals surface area contributed by atoms with Crippen LogP contribution in [0.4, 0.5) is 10.5 Å². The summed E-state index contributed by atoms with van der Waals surface area (Å²) in [5, 5.41) is 2.96. The molecule has 0 radical (unpaired) electrons. The molecule has 1 aromatic heterocycles. The number of rotatable bonds is 6. The van der Waals surface area contributed by atoms with Gasteiger partial charge in [-0.1, -0.05) is 25.3 Å². The van der Waals surface area contributed by atoms with Gasteiger partial charge in [0.2, 0.25) is 5.91 Å². The molecule has 1 aromatic carbocycles. The molecule has 2 amide bonds. The van der Waals surface area contributed by atoms with Crippen molar-refractivity contribution < 1.29 is 14.3 Å². The number of amides is 2. The van der Waals surface area contributed by atoms with Crippen LogP contribution in [0.15, 0.2) is 48.8 Å². The highest BCUT2D eigenvalue weighted by molar-refractivity contribution is 5.90. The number of pyridine rings is 1. The minimum absolute atomic E-state index is 0.0609. The third kappa shape index (κ3) is 6.53. The summed E-state index contributed by atoms with van der Waals surface area (Å²) in [7, 11) is 0. The molecule has 2 heterocycles. The summed E-state index contributed by atoms with van der Waals surface area (Å²) in [6.07, 6.45) is 9.97. The fourth-order valence-electron chi connectivity index (χ4n) is 4.48. The highest BCUT2D eigenvalue weighted by Gasteiger charge is 2.23. The summed E-state index contributed by atoms with van der Waals surface area (Å²) in [6.45, 7) is 3.71. The lowest BCUT2D eigenvalue weighted by atomic mass is 9.87. The number of hydrogen-bond acceptors (Lipinski definition) is 5. The lowest BCUT2D eigenvalue weighted by Crippen LogP contribution is -2.49. The van der Waals surface area contributed by atoms with Crippen LogP contribution in [0.3, 0.4) is 0 Å². The fraction of sp³-hybridized carbons (Fsp3) is 0.480. The summed E-state index contributed by atoms with van der Waals surface area (Å²) >= 11 is 0. The molecule has 1 aliphatic carbocycles. The first-order valence-electron chi connectivity index (χ1n) is 11.6. The number of hydrogen-bond donors (Lipinski definition) is 1. The predicted molar refractivity (Wildman–Crippen MR) is 123 cm³/mol. The van der Waals surface area contributed by atoms with E-state index in [9.17, 15) is 9.59 Å². The molecule has 2 aromatic rings. The van der Waals surface area contributed by atoms with E-state index < -0.39 is 0 Å². The number of aromatic nitrogens is 1. The monoisotopic (exact) mass is 436 g/mol. The second-order valence-electron chi connectivity index (χ2n) is 8.77. The molecule has 32 heavy (non-hydrogen) atoms. The lowest BCUT2D eigenvalue weighted by molar-refractivity contribution is -0.117. The van der Waals surface area contributed by atoms with Crippen molar-refractivity contribution >= 4 is 17.7 Å². The van der Waals surface area contributed by atoms with E-state index in [-0.39, 0.29) is 12.0 Å². The first-order chi connectivity index (χ1) is 15.7. The Morgan fingerprint density at radius 1 is 1.00 bits per heavy atom. The minimum Gasteiger partial charge on any atom is -0.410 e. The SMILES string of the molecule is O=C(CC1CCCCC1)Nc1ccc(OC(=O)N2CCN(Cc3cccnc3)CC2)cc1. The van der Waals surface area contributed by atoms with E-state index in [0.29, 0.717) is 31.2 Å². The zero-order valence-electron chi connectivity index (χ0n) is 18.5. The van der Waals surface area contributed by atoms with Gasteiger partial charge in [-0.2, -0.15) is 0 Å². The quantitative estimate of drug-likeness (QED) is 0.731. The number of ether oxygens (including phenoxy) is 1. The van der Waals surface area contributed by atoms with Gasteiger partial charge in [-0.15, -0.1) is 0 Å². The number of carbonyl (C=O) groups excluding carboxylic acids is 2. The van der Waals surface area contributed by atoms with Gasteiger partial charge in [-0.3, -0.25) is 14.7 Å². The molecule has 1 N–H and O–H groups in total. The smallest absolute Gasteiger partial charge is 0.410 e. The number of carbonyl (C=O) groups is 2. The van der Waals surface area contributed by atoms with E-state index in [0.717, 1.165) is 38.2 Å². The lowest BCUT2D eigenvalue weighted by Gasteiger charge is -2.33. The second-order valence-corrected chi connectivity index (χ2v) is 8.77. The number of nitrogens with zero attached hydrogens (tertiary/aromatic N) is 3. The molecular weight excluding hydrogens is 404 g/mol. The van der Waals surface area contributed by atoms with E-state index in [1.54, 1.807) is 35.4 Å². The molecular formula is C25H32N4O3. The molecule has 1 aliphatic heterocycles. The van der Waals surface area contributed by atoms with Gasteiger partial charge in [-0.05, 0) is 54.7 Å². The molecule has 0 spiro atoms. The standard InChI is InChI=1S/C25H32N4O3/c30-24(17-20-5-2-1-3-6-20)27-22-8-10-23(11-9-22)32-25(31)29-15-13-28(14-16-29)19-21-7-4-12-26-18-21/h4,7-12,18,20H,1-3,5-6,13-17,19H2,(H,27,30). The van der Waals surface area contributed by atoms with Crippen molar-refractivity contribution in [3.8, 4) is 5.75 Å². The van der Waals surface area contributed by atoms with E-state index in [2.05, 4.69) is 21.3 Å². The second kappa shape index (κ2) is 11.1. The van der Waals surface area contributed by atoms with E-state index in [4.69, 9.17) is 4.74 Å². The molecule has 4 rings (SSSR count). The molecule has 2 aliphatic rings. The van der Waals surface area contributed by atoms with Crippen molar-refractivity contribution in [1.29, 1.82) is 0 Å². The van der Waals surface area contributed by atoms with Gasteiger partial charge in [0.05, 0.1) is 0 Å². The first kappa shape index (κ1) is 22.3. The van der Waals surface area contributed by atoms with Crippen LogP contribution in [0, 0.1) is 5.92 Å². The maximum absolute atomic E-state index is 12.5. The van der Waals surface area contributed by atoms with Gasteiger partial charge in [0.15, 0.2) is 0 Å².